The Morgan fingerprint density at radius 2 is 1.62 bits per heavy atom. The van der Waals surface area contributed by atoms with Gasteiger partial charge in [-0.1, -0.05) is 0 Å². The van der Waals surface area contributed by atoms with Crippen LogP contribution in [0.4, 0.5) is 0 Å². The van der Waals surface area contributed by atoms with Gasteiger partial charge in [0.05, 0.1) is 0 Å². The molecule has 2 fully saturated rings. The fourth-order valence-corrected chi connectivity index (χ4v) is 2.78. The van der Waals surface area contributed by atoms with E-state index in [2.05, 4.69) is 37.5 Å². The molecule has 2 rings (SSSR count). The van der Waals surface area contributed by atoms with Gasteiger partial charge in [0.15, 0.2) is 0 Å². The van der Waals surface area contributed by atoms with E-state index < -0.39 is 0 Å². The molecule has 0 unspecified atom stereocenters. The Labute approximate surface area is 81.9 Å². The Morgan fingerprint density at radius 1 is 1.00 bits per heavy atom. The highest BCUT2D eigenvalue weighted by molar-refractivity contribution is 5.11. The molecule has 0 radical (unpaired) electrons. The lowest BCUT2D eigenvalue weighted by Gasteiger charge is -2.65. The molecule has 1 spiro atoms. The lowest BCUT2D eigenvalue weighted by atomic mass is 9.76. The van der Waals surface area contributed by atoms with Crippen LogP contribution < -0.4 is 0 Å². The molecule has 0 aromatic rings. The Hall–Kier alpha value is -0.0800. The Morgan fingerprint density at radius 3 is 1.92 bits per heavy atom. The fourth-order valence-electron chi connectivity index (χ4n) is 2.78. The van der Waals surface area contributed by atoms with Crippen molar-refractivity contribution in [3.8, 4) is 0 Å². The third-order valence-electron chi connectivity index (χ3n) is 3.78. The van der Waals surface area contributed by atoms with Gasteiger partial charge in [0, 0.05) is 37.3 Å². The van der Waals surface area contributed by atoms with Crippen molar-refractivity contribution in [2.45, 2.75) is 51.7 Å². The minimum atomic E-state index is 0.596. The molecule has 0 saturated carbocycles. The van der Waals surface area contributed by atoms with E-state index in [9.17, 15) is 0 Å². The summed E-state index contributed by atoms with van der Waals surface area (Å²) >= 11 is 0. The monoisotopic (exact) mass is 182 g/mol. The van der Waals surface area contributed by atoms with Crippen molar-refractivity contribution in [1.82, 2.24) is 9.80 Å². The highest BCUT2D eigenvalue weighted by Crippen LogP contribution is 2.41. The molecule has 2 aliphatic rings. The van der Waals surface area contributed by atoms with Crippen LogP contribution >= 0.6 is 0 Å². The molecule has 76 valence electrons. The van der Waals surface area contributed by atoms with Gasteiger partial charge in [0.1, 0.15) is 0 Å². The second-order valence-corrected chi connectivity index (χ2v) is 5.26. The molecule has 0 aliphatic carbocycles. The predicted octanol–water partition coefficient (Wildman–Crippen LogP) is 1.56. The first kappa shape index (κ1) is 9.47. The van der Waals surface area contributed by atoms with E-state index in [4.69, 9.17) is 0 Å². The quantitative estimate of drug-likeness (QED) is 0.639. The van der Waals surface area contributed by atoms with Crippen LogP contribution in [0.2, 0.25) is 0 Å². The third-order valence-corrected chi connectivity index (χ3v) is 3.78. The summed E-state index contributed by atoms with van der Waals surface area (Å²) in [5.41, 5.74) is 0.596. The molecule has 2 heterocycles. The smallest absolute Gasteiger partial charge is 0.0478 e. The molecular weight excluding hydrogens is 160 g/mol. The Balaban J connectivity index is 1.90. The molecule has 0 aromatic carbocycles. The lowest BCUT2D eigenvalue weighted by molar-refractivity contribution is -0.146. The summed E-state index contributed by atoms with van der Waals surface area (Å²) in [6, 6.07) is 1.48. The topological polar surface area (TPSA) is 6.48 Å². The van der Waals surface area contributed by atoms with Crippen molar-refractivity contribution in [2.24, 2.45) is 0 Å². The van der Waals surface area contributed by atoms with Gasteiger partial charge < -0.3 is 0 Å². The molecule has 0 aromatic heterocycles. The van der Waals surface area contributed by atoms with E-state index in [0.717, 1.165) is 12.1 Å². The van der Waals surface area contributed by atoms with Crippen LogP contribution in [-0.2, 0) is 0 Å². The molecule has 2 nitrogen and oxygen atoms in total. The summed E-state index contributed by atoms with van der Waals surface area (Å²) in [5, 5.41) is 0. The first-order chi connectivity index (χ1) is 6.05. The lowest BCUT2D eigenvalue weighted by Crippen LogP contribution is -2.78. The van der Waals surface area contributed by atoms with Crippen LogP contribution in [0.3, 0.4) is 0 Å². The van der Waals surface area contributed by atoms with Gasteiger partial charge in [-0.3, -0.25) is 9.80 Å². The maximum Gasteiger partial charge on any atom is 0.0478 e. The highest BCUT2D eigenvalue weighted by atomic mass is 15.4. The van der Waals surface area contributed by atoms with Crippen molar-refractivity contribution in [1.29, 1.82) is 0 Å². The Bertz CT molecular complexity index is 192. The molecule has 2 saturated heterocycles. The number of likely N-dealkylation sites (tertiary alicyclic amines) is 2. The molecular formula is C11H22N2. The van der Waals surface area contributed by atoms with Crippen molar-refractivity contribution >= 4 is 0 Å². The summed E-state index contributed by atoms with van der Waals surface area (Å²) < 4.78 is 0. The molecule has 0 N–H and O–H groups in total. The molecule has 2 aliphatic heterocycles. The third kappa shape index (κ3) is 1.31. The van der Waals surface area contributed by atoms with Crippen molar-refractivity contribution < 1.29 is 0 Å². The summed E-state index contributed by atoms with van der Waals surface area (Å²) in [4.78, 5) is 5.25. The van der Waals surface area contributed by atoms with Crippen molar-refractivity contribution in [3.05, 3.63) is 0 Å². The second kappa shape index (κ2) is 2.96. The van der Waals surface area contributed by atoms with E-state index in [1.165, 1.54) is 26.1 Å². The van der Waals surface area contributed by atoms with E-state index >= 15 is 0 Å². The largest absolute Gasteiger partial charge is 0.297 e. The Kier molecular flexibility index (Phi) is 2.16. The van der Waals surface area contributed by atoms with Gasteiger partial charge in [-0.2, -0.15) is 0 Å². The van der Waals surface area contributed by atoms with E-state index in [0.29, 0.717) is 5.54 Å². The molecule has 0 atom stereocenters. The SMILES string of the molecule is CC(C)N1CC2(CCN2C(C)C)C1. The second-order valence-electron chi connectivity index (χ2n) is 5.26. The van der Waals surface area contributed by atoms with Gasteiger partial charge in [-0.25, -0.2) is 0 Å². The highest BCUT2D eigenvalue weighted by Gasteiger charge is 2.54. The van der Waals surface area contributed by atoms with Gasteiger partial charge >= 0.3 is 0 Å². The first-order valence-electron chi connectivity index (χ1n) is 5.56. The number of nitrogens with zero attached hydrogens (tertiary/aromatic N) is 2. The van der Waals surface area contributed by atoms with Crippen LogP contribution in [0.15, 0.2) is 0 Å². The summed E-state index contributed by atoms with van der Waals surface area (Å²) in [6.07, 6.45) is 1.42. The van der Waals surface area contributed by atoms with Gasteiger partial charge in [0.2, 0.25) is 0 Å². The zero-order chi connectivity index (χ0) is 9.64. The maximum atomic E-state index is 2.67. The van der Waals surface area contributed by atoms with Crippen LogP contribution in [0.25, 0.3) is 0 Å². The number of hydrogen-bond acceptors (Lipinski definition) is 2. The predicted molar refractivity (Wildman–Crippen MR) is 55.9 cm³/mol. The van der Waals surface area contributed by atoms with Crippen molar-refractivity contribution in [3.63, 3.8) is 0 Å². The normalized spacial score (nSPS) is 28.2. The standard InChI is InChI=1S/C11H22N2/c1-9(2)12-7-11(8-12)5-6-13(11)10(3)4/h9-10H,5-8H2,1-4H3. The summed E-state index contributed by atoms with van der Waals surface area (Å²) in [7, 11) is 0. The molecule has 0 amide bonds. The number of rotatable bonds is 2. The minimum Gasteiger partial charge on any atom is -0.297 e. The van der Waals surface area contributed by atoms with Crippen LogP contribution in [0.1, 0.15) is 34.1 Å². The van der Waals surface area contributed by atoms with Crippen LogP contribution in [0, 0.1) is 0 Å². The van der Waals surface area contributed by atoms with Gasteiger partial charge in [-0.15, -0.1) is 0 Å². The maximum absolute atomic E-state index is 2.67. The summed E-state index contributed by atoms with van der Waals surface area (Å²) in [6.45, 7) is 13.2. The minimum absolute atomic E-state index is 0.596. The average Bonchev–Trinajstić information content (AvgIpc) is 1.78. The van der Waals surface area contributed by atoms with Crippen molar-refractivity contribution in [2.75, 3.05) is 19.6 Å². The fraction of sp³-hybridized carbons (Fsp3) is 1.00. The first-order valence-corrected chi connectivity index (χ1v) is 5.56. The zero-order valence-corrected chi connectivity index (χ0v) is 9.38. The molecule has 2 heteroatoms. The average molecular weight is 182 g/mol. The number of hydrogen-bond donors (Lipinski definition) is 0. The van der Waals surface area contributed by atoms with E-state index in [1.54, 1.807) is 0 Å². The molecule has 13 heavy (non-hydrogen) atoms. The van der Waals surface area contributed by atoms with Crippen LogP contribution in [0.5, 0.6) is 0 Å². The molecule has 0 bridgehead atoms. The van der Waals surface area contributed by atoms with Gasteiger partial charge in [-0.05, 0) is 34.1 Å². The van der Waals surface area contributed by atoms with E-state index in [1.807, 2.05) is 0 Å². The van der Waals surface area contributed by atoms with Gasteiger partial charge in [0.25, 0.3) is 0 Å². The summed E-state index contributed by atoms with van der Waals surface area (Å²) in [5.74, 6) is 0. The van der Waals surface area contributed by atoms with Crippen LogP contribution in [-0.4, -0.2) is 47.1 Å². The zero-order valence-electron chi connectivity index (χ0n) is 9.38. The van der Waals surface area contributed by atoms with E-state index in [-0.39, 0.29) is 0 Å².